The van der Waals surface area contributed by atoms with Crippen molar-refractivity contribution >= 4 is 17.3 Å². The minimum Gasteiger partial charge on any atom is -0.363 e. The fraction of sp³-hybridized carbons (Fsp3) is 0.364. The third-order valence-corrected chi connectivity index (χ3v) is 2.16. The summed E-state index contributed by atoms with van der Waals surface area (Å²) < 4.78 is 0. The van der Waals surface area contributed by atoms with Gasteiger partial charge in [0.1, 0.15) is 0 Å². The van der Waals surface area contributed by atoms with Gasteiger partial charge in [0.2, 0.25) is 0 Å². The topological polar surface area (TPSA) is 24.1 Å². The number of thiocarbonyl (C=S) groups is 1. The molecule has 0 amide bonds. The van der Waals surface area contributed by atoms with Crippen molar-refractivity contribution in [1.29, 1.82) is 0 Å². The van der Waals surface area contributed by atoms with Crippen LogP contribution in [0.25, 0.3) is 0 Å². The van der Waals surface area contributed by atoms with E-state index in [0.717, 1.165) is 13.1 Å². The molecule has 0 aliphatic rings. The average molecular weight is 208 g/mol. The van der Waals surface area contributed by atoms with Crippen molar-refractivity contribution < 1.29 is 0 Å². The monoisotopic (exact) mass is 208 g/mol. The second kappa shape index (κ2) is 5.60. The molecule has 14 heavy (non-hydrogen) atoms. The molecule has 0 atom stereocenters. The molecule has 0 heterocycles. The highest BCUT2D eigenvalue weighted by Gasteiger charge is 1.94. The number of hydrogen-bond acceptors (Lipinski definition) is 1. The van der Waals surface area contributed by atoms with E-state index in [-0.39, 0.29) is 0 Å². The molecule has 0 spiro atoms. The van der Waals surface area contributed by atoms with Crippen LogP contribution in [0, 0.1) is 6.92 Å². The first-order chi connectivity index (χ1) is 6.72. The van der Waals surface area contributed by atoms with Gasteiger partial charge < -0.3 is 10.6 Å². The van der Waals surface area contributed by atoms with E-state index in [9.17, 15) is 0 Å². The largest absolute Gasteiger partial charge is 0.363 e. The van der Waals surface area contributed by atoms with Crippen LogP contribution in [0.3, 0.4) is 0 Å². The summed E-state index contributed by atoms with van der Waals surface area (Å²) in [6, 6.07) is 8.39. The number of rotatable bonds is 3. The zero-order valence-electron chi connectivity index (χ0n) is 8.63. The highest BCUT2D eigenvalue weighted by Crippen LogP contribution is 2.02. The van der Waals surface area contributed by atoms with Gasteiger partial charge in [-0.15, -0.1) is 0 Å². The number of benzene rings is 1. The van der Waals surface area contributed by atoms with Crippen molar-refractivity contribution in [3.05, 3.63) is 35.4 Å². The summed E-state index contributed by atoms with van der Waals surface area (Å²) in [7, 11) is 0. The van der Waals surface area contributed by atoms with Gasteiger partial charge in [0.15, 0.2) is 5.11 Å². The van der Waals surface area contributed by atoms with Gasteiger partial charge in [-0.1, -0.05) is 29.8 Å². The molecule has 1 aromatic rings. The molecule has 0 aliphatic carbocycles. The van der Waals surface area contributed by atoms with Crippen LogP contribution in [0.5, 0.6) is 0 Å². The van der Waals surface area contributed by atoms with E-state index in [2.05, 4.69) is 41.8 Å². The summed E-state index contributed by atoms with van der Waals surface area (Å²) in [6.07, 6.45) is 0. The fourth-order valence-corrected chi connectivity index (χ4v) is 1.44. The molecule has 3 heteroatoms. The summed E-state index contributed by atoms with van der Waals surface area (Å²) in [5, 5.41) is 6.91. The zero-order valence-corrected chi connectivity index (χ0v) is 9.45. The van der Waals surface area contributed by atoms with Crippen molar-refractivity contribution in [2.24, 2.45) is 0 Å². The van der Waals surface area contributed by atoms with Crippen molar-refractivity contribution in [1.82, 2.24) is 10.6 Å². The molecular formula is C11H16N2S. The van der Waals surface area contributed by atoms with E-state index >= 15 is 0 Å². The molecule has 0 fully saturated rings. The Morgan fingerprint density at radius 3 is 2.79 bits per heavy atom. The molecule has 0 bridgehead atoms. The van der Waals surface area contributed by atoms with E-state index < -0.39 is 0 Å². The van der Waals surface area contributed by atoms with Crippen LogP contribution in [-0.2, 0) is 6.54 Å². The smallest absolute Gasteiger partial charge is 0.166 e. The Labute approximate surface area is 90.7 Å². The van der Waals surface area contributed by atoms with Gasteiger partial charge in [0.25, 0.3) is 0 Å². The Balaban J connectivity index is 2.41. The second-order valence-corrected chi connectivity index (χ2v) is 3.61. The van der Waals surface area contributed by atoms with Crippen molar-refractivity contribution in [3.8, 4) is 0 Å². The summed E-state index contributed by atoms with van der Waals surface area (Å²) >= 11 is 5.06. The van der Waals surface area contributed by atoms with Crippen LogP contribution in [0.15, 0.2) is 24.3 Å². The van der Waals surface area contributed by atoms with Crippen molar-refractivity contribution in [2.45, 2.75) is 20.4 Å². The first-order valence-corrected chi connectivity index (χ1v) is 5.20. The van der Waals surface area contributed by atoms with Gasteiger partial charge in [0, 0.05) is 13.1 Å². The maximum Gasteiger partial charge on any atom is 0.166 e. The van der Waals surface area contributed by atoms with Crippen LogP contribution in [0.1, 0.15) is 18.1 Å². The third-order valence-electron chi connectivity index (χ3n) is 1.87. The normalized spacial score (nSPS) is 9.57. The Morgan fingerprint density at radius 2 is 2.14 bits per heavy atom. The Bertz CT molecular complexity index is 310. The second-order valence-electron chi connectivity index (χ2n) is 3.20. The highest BCUT2D eigenvalue weighted by molar-refractivity contribution is 7.80. The first-order valence-electron chi connectivity index (χ1n) is 4.79. The molecule has 1 rings (SSSR count). The van der Waals surface area contributed by atoms with Gasteiger partial charge in [-0.25, -0.2) is 0 Å². The molecule has 0 saturated heterocycles. The lowest BCUT2D eigenvalue weighted by atomic mass is 10.1. The van der Waals surface area contributed by atoms with Crippen LogP contribution in [0.2, 0.25) is 0 Å². The van der Waals surface area contributed by atoms with Crippen molar-refractivity contribution in [2.75, 3.05) is 6.54 Å². The van der Waals surface area contributed by atoms with Gasteiger partial charge in [-0.3, -0.25) is 0 Å². The van der Waals surface area contributed by atoms with Crippen LogP contribution >= 0.6 is 12.2 Å². The third kappa shape index (κ3) is 3.75. The first kappa shape index (κ1) is 11.0. The standard InChI is InChI=1S/C11H16N2S/c1-3-12-11(14)13-8-10-6-4-5-9(2)7-10/h4-7H,3,8H2,1-2H3,(H2,12,13,14). The summed E-state index contributed by atoms with van der Waals surface area (Å²) in [6.45, 7) is 5.76. The van der Waals surface area contributed by atoms with Gasteiger partial charge in [-0.2, -0.15) is 0 Å². The summed E-state index contributed by atoms with van der Waals surface area (Å²) in [5.41, 5.74) is 2.53. The molecule has 0 radical (unpaired) electrons. The molecule has 0 saturated carbocycles. The van der Waals surface area contributed by atoms with E-state index in [1.165, 1.54) is 11.1 Å². The summed E-state index contributed by atoms with van der Waals surface area (Å²) in [5.74, 6) is 0. The zero-order chi connectivity index (χ0) is 10.4. The molecular weight excluding hydrogens is 192 g/mol. The molecule has 0 aromatic heterocycles. The van der Waals surface area contributed by atoms with E-state index in [1.807, 2.05) is 6.92 Å². The molecule has 0 aliphatic heterocycles. The molecule has 2 nitrogen and oxygen atoms in total. The van der Waals surface area contributed by atoms with Crippen molar-refractivity contribution in [3.63, 3.8) is 0 Å². The SMILES string of the molecule is CCNC(=S)NCc1cccc(C)c1. The van der Waals surface area contributed by atoms with Gasteiger partial charge >= 0.3 is 0 Å². The van der Waals surface area contributed by atoms with Gasteiger partial charge in [-0.05, 0) is 31.6 Å². The quantitative estimate of drug-likeness (QED) is 0.743. The molecule has 1 aromatic carbocycles. The number of hydrogen-bond donors (Lipinski definition) is 2. The summed E-state index contributed by atoms with van der Waals surface area (Å²) in [4.78, 5) is 0. The molecule has 76 valence electrons. The Morgan fingerprint density at radius 1 is 1.36 bits per heavy atom. The number of aryl methyl sites for hydroxylation is 1. The molecule has 0 unspecified atom stereocenters. The average Bonchev–Trinajstić information content (AvgIpc) is 2.15. The Kier molecular flexibility index (Phi) is 4.40. The number of nitrogens with one attached hydrogen (secondary N) is 2. The predicted octanol–water partition coefficient (Wildman–Crippen LogP) is 1.98. The van der Waals surface area contributed by atoms with E-state index in [1.54, 1.807) is 0 Å². The van der Waals surface area contributed by atoms with Gasteiger partial charge in [0.05, 0.1) is 0 Å². The van der Waals surface area contributed by atoms with Crippen LogP contribution < -0.4 is 10.6 Å². The maximum absolute atomic E-state index is 5.06. The van der Waals surface area contributed by atoms with E-state index in [4.69, 9.17) is 12.2 Å². The Hall–Kier alpha value is -1.09. The minimum atomic E-state index is 0.717. The molecule has 2 N–H and O–H groups in total. The minimum absolute atomic E-state index is 0.717. The lowest BCUT2D eigenvalue weighted by Gasteiger charge is -2.08. The lowest BCUT2D eigenvalue weighted by Crippen LogP contribution is -2.34. The fourth-order valence-electron chi connectivity index (χ4n) is 1.23. The van der Waals surface area contributed by atoms with Crippen LogP contribution in [0.4, 0.5) is 0 Å². The maximum atomic E-state index is 5.06. The highest BCUT2D eigenvalue weighted by atomic mass is 32.1. The predicted molar refractivity (Wildman–Crippen MR) is 64.3 cm³/mol. The lowest BCUT2D eigenvalue weighted by molar-refractivity contribution is 0.854. The van der Waals surface area contributed by atoms with Crippen LogP contribution in [-0.4, -0.2) is 11.7 Å². The van der Waals surface area contributed by atoms with E-state index in [0.29, 0.717) is 5.11 Å².